The van der Waals surface area contributed by atoms with Gasteiger partial charge in [-0.25, -0.2) is 0 Å². The van der Waals surface area contributed by atoms with Crippen molar-refractivity contribution in [3.8, 4) is 5.75 Å². The predicted molar refractivity (Wildman–Crippen MR) is 70.2 cm³/mol. The van der Waals surface area contributed by atoms with Crippen LogP contribution in [0.4, 0.5) is 0 Å². The number of benzene rings is 1. The smallest absolute Gasteiger partial charge is 0.124 e. The summed E-state index contributed by atoms with van der Waals surface area (Å²) in [6, 6.07) is 8.10. The topological polar surface area (TPSA) is 32.7 Å². The first-order valence-electron chi connectivity index (χ1n) is 6.25. The molecule has 0 bridgehead atoms. The Kier molecular flexibility index (Phi) is 6.01. The van der Waals surface area contributed by atoms with Gasteiger partial charge in [-0.1, -0.05) is 25.1 Å². The molecular formula is C14H23NO2. The maximum absolute atomic E-state index is 8.99. The van der Waals surface area contributed by atoms with Crippen LogP contribution in [-0.2, 0) is 6.54 Å². The second-order valence-electron chi connectivity index (χ2n) is 4.37. The van der Waals surface area contributed by atoms with Gasteiger partial charge in [0, 0.05) is 18.7 Å². The molecule has 0 heterocycles. The molecule has 3 nitrogen and oxygen atoms in total. The van der Waals surface area contributed by atoms with Crippen molar-refractivity contribution in [2.24, 2.45) is 0 Å². The molecule has 0 amide bonds. The molecule has 0 aromatic heterocycles. The van der Waals surface area contributed by atoms with E-state index in [1.165, 1.54) is 5.56 Å². The lowest BCUT2D eigenvalue weighted by molar-refractivity contribution is 0.191. The van der Waals surface area contributed by atoms with Crippen LogP contribution in [0.15, 0.2) is 24.3 Å². The highest BCUT2D eigenvalue weighted by Crippen LogP contribution is 2.20. The molecule has 1 aromatic rings. The fourth-order valence-corrected chi connectivity index (χ4v) is 1.73. The third-order valence-electron chi connectivity index (χ3n) is 2.59. The number of hydrogen-bond acceptors (Lipinski definition) is 3. The highest BCUT2D eigenvalue weighted by atomic mass is 16.5. The minimum Gasteiger partial charge on any atom is -0.491 e. The number of aliphatic hydroxyl groups excluding tert-OH is 1. The van der Waals surface area contributed by atoms with E-state index < -0.39 is 0 Å². The minimum absolute atomic E-state index is 0.184. The van der Waals surface area contributed by atoms with Crippen molar-refractivity contribution in [1.82, 2.24) is 4.90 Å². The molecule has 1 N–H and O–H groups in total. The number of rotatable bonds is 7. The third kappa shape index (κ3) is 4.75. The van der Waals surface area contributed by atoms with Crippen LogP contribution in [0.25, 0.3) is 0 Å². The maximum Gasteiger partial charge on any atom is 0.124 e. The first kappa shape index (κ1) is 14.0. The van der Waals surface area contributed by atoms with Crippen LogP contribution in [0, 0.1) is 0 Å². The SMILES string of the molecule is CCN(CCO)Cc1ccccc1OC(C)C. The normalized spacial score (nSPS) is 11.2. The third-order valence-corrected chi connectivity index (χ3v) is 2.59. The Bertz CT molecular complexity index is 326. The van der Waals surface area contributed by atoms with E-state index in [-0.39, 0.29) is 12.7 Å². The highest BCUT2D eigenvalue weighted by Gasteiger charge is 2.08. The van der Waals surface area contributed by atoms with Gasteiger partial charge >= 0.3 is 0 Å². The summed E-state index contributed by atoms with van der Waals surface area (Å²) in [6.07, 6.45) is 0.184. The van der Waals surface area contributed by atoms with E-state index >= 15 is 0 Å². The molecule has 0 saturated carbocycles. The van der Waals surface area contributed by atoms with Crippen molar-refractivity contribution in [2.45, 2.75) is 33.4 Å². The largest absolute Gasteiger partial charge is 0.491 e. The summed E-state index contributed by atoms with van der Waals surface area (Å²) in [6.45, 7) is 8.80. The summed E-state index contributed by atoms with van der Waals surface area (Å²) in [5.41, 5.74) is 1.18. The van der Waals surface area contributed by atoms with Gasteiger partial charge in [0.15, 0.2) is 0 Å². The number of nitrogens with zero attached hydrogens (tertiary/aromatic N) is 1. The van der Waals surface area contributed by atoms with E-state index in [0.717, 1.165) is 18.8 Å². The Morgan fingerprint density at radius 3 is 2.59 bits per heavy atom. The fourth-order valence-electron chi connectivity index (χ4n) is 1.73. The quantitative estimate of drug-likeness (QED) is 0.789. The average Bonchev–Trinajstić information content (AvgIpc) is 2.30. The monoisotopic (exact) mass is 237 g/mol. The van der Waals surface area contributed by atoms with Gasteiger partial charge in [0.05, 0.1) is 12.7 Å². The Morgan fingerprint density at radius 1 is 1.29 bits per heavy atom. The van der Waals surface area contributed by atoms with Crippen molar-refractivity contribution in [3.63, 3.8) is 0 Å². The van der Waals surface area contributed by atoms with E-state index in [0.29, 0.717) is 6.54 Å². The number of hydrogen-bond donors (Lipinski definition) is 1. The van der Waals surface area contributed by atoms with Crippen molar-refractivity contribution in [1.29, 1.82) is 0 Å². The molecule has 0 spiro atoms. The van der Waals surface area contributed by atoms with Crippen LogP contribution in [-0.4, -0.2) is 35.8 Å². The van der Waals surface area contributed by atoms with Gasteiger partial charge in [0.1, 0.15) is 5.75 Å². The Labute approximate surface area is 104 Å². The number of aliphatic hydroxyl groups is 1. The van der Waals surface area contributed by atoms with Gasteiger partial charge in [0.25, 0.3) is 0 Å². The lowest BCUT2D eigenvalue weighted by Crippen LogP contribution is -2.26. The molecule has 0 aliphatic rings. The molecule has 0 atom stereocenters. The Morgan fingerprint density at radius 2 is 2.00 bits per heavy atom. The highest BCUT2D eigenvalue weighted by molar-refractivity contribution is 5.33. The molecule has 17 heavy (non-hydrogen) atoms. The second kappa shape index (κ2) is 7.30. The van der Waals surface area contributed by atoms with E-state index in [4.69, 9.17) is 9.84 Å². The van der Waals surface area contributed by atoms with Crippen LogP contribution < -0.4 is 4.74 Å². The summed E-state index contributed by atoms with van der Waals surface area (Å²) in [4.78, 5) is 2.20. The summed E-state index contributed by atoms with van der Waals surface area (Å²) in [5, 5.41) is 8.99. The molecule has 1 aromatic carbocycles. The van der Waals surface area contributed by atoms with Gasteiger partial charge in [-0.15, -0.1) is 0 Å². The molecule has 0 fully saturated rings. The van der Waals surface area contributed by atoms with E-state index in [9.17, 15) is 0 Å². The van der Waals surface area contributed by atoms with Crippen molar-refractivity contribution < 1.29 is 9.84 Å². The molecule has 0 unspecified atom stereocenters. The summed E-state index contributed by atoms with van der Waals surface area (Å²) < 4.78 is 5.78. The standard InChI is InChI=1S/C14H23NO2/c1-4-15(9-10-16)11-13-7-5-6-8-14(13)17-12(2)3/h5-8,12,16H,4,9-11H2,1-3H3. The lowest BCUT2D eigenvalue weighted by atomic mass is 10.2. The Hall–Kier alpha value is -1.06. The second-order valence-corrected chi connectivity index (χ2v) is 4.37. The van der Waals surface area contributed by atoms with Gasteiger partial charge in [0.2, 0.25) is 0 Å². The van der Waals surface area contributed by atoms with Crippen molar-refractivity contribution >= 4 is 0 Å². The number of para-hydroxylation sites is 1. The molecular weight excluding hydrogens is 214 g/mol. The van der Waals surface area contributed by atoms with E-state index in [1.807, 2.05) is 32.0 Å². The molecule has 3 heteroatoms. The summed E-state index contributed by atoms with van der Waals surface area (Å²) in [7, 11) is 0. The van der Waals surface area contributed by atoms with Crippen LogP contribution in [0.3, 0.4) is 0 Å². The molecule has 0 radical (unpaired) electrons. The predicted octanol–water partition coefficient (Wildman–Crippen LogP) is 2.29. The number of ether oxygens (including phenoxy) is 1. The first-order chi connectivity index (χ1) is 8.17. The maximum atomic E-state index is 8.99. The van der Waals surface area contributed by atoms with E-state index in [2.05, 4.69) is 17.9 Å². The van der Waals surface area contributed by atoms with Crippen LogP contribution in [0.2, 0.25) is 0 Å². The summed E-state index contributed by atoms with van der Waals surface area (Å²) >= 11 is 0. The molecule has 1 rings (SSSR count). The zero-order valence-corrected chi connectivity index (χ0v) is 11.0. The molecule has 0 saturated heterocycles. The average molecular weight is 237 g/mol. The van der Waals surface area contributed by atoms with Crippen molar-refractivity contribution in [3.05, 3.63) is 29.8 Å². The van der Waals surface area contributed by atoms with Crippen molar-refractivity contribution in [2.75, 3.05) is 19.7 Å². The molecule has 0 aliphatic carbocycles. The van der Waals surface area contributed by atoms with Gasteiger partial charge < -0.3 is 9.84 Å². The zero-order valence-electron chi connectivity index (χ0n) is 11.0. The van der Waals surface area contributed by atoms with Crippen LogP contribution in [0.1, 0.15) is 26.3 Å². The first-order valence-corrected chi connectivity index (χ1v) is 6.25. The zero-order chi connectivity index (χ0) is 12.7. The van der Waals surface area contributed by atoms with Gasteiger partial charge in [-0.05, 0) is 26.5 Å². The van der Waals surface area contributed by atoms with E-state index in [1.54, 1.807) is 0 Å². The van der Waals surface area contributed by atoms with Gasteiger partial charge in [-0.3, -0.25) is 4.90 Å². The van der Waals surface area contributed by atoms with Gasteiger partial charge in [-0.2, -0.15) is 0 Å². The molecule has 96 valence electrons. The molecule has 0 aliphatic heterocycles. The fraction of sp³-hybridized carbons (Fsp3) is 0.571. The minimum atomic E-state index is 0.184. The van der Waals surface area contributed by atoms with Crippen LogP contribution in [0.5, 0.6) is 5.75 Å². The van der Waals surface area contributed by atoms with Crippen LogP contribution >= 0.6 is 0 Å². The number of likely N-dealkylation sites (N-methyl/N-ethyl adjacent to an activating group) is 1. The summed E-state index contributed by atoms with van der Waals surface area (Å²) in [5.74, 6) is 0.943. The Balaban J connectivity index is 2.74. The lowest BCUT2D eigenvalue weighted by Gasteiger charge is -2.21.